The zero-order valence-corrected chi connectivity index (χ0v) is 10.1. The average Bonchev–Trinajstić information content (AvgIpc) is 1.90. The van der Waals surface area contributed by atoms with Gasteiger partial charge in [-0.05, 0) is 6.92 Å². The van der Waals surface area contributed by atoms with Gasteiger partial charge in [-0.25, -0.2) is 0 Å². The minimum atomic E-state index is -1.08. The number of ether oxygens (including phenoxy) is 2. The molecule has 1 heterocycles. The smallest absolute Gasteiger partial charge is 0.550 e. The molecule has 5 heteroatoms. The molecular weight excluding hydrogens is 175 g/mol. The number of rotatable bonds is 0. The van der Waals surface area contributed by atoms with E-state index in [0.717, 1.165) is 33.4 Å². The quantitative estimate of drug-likeness (QED) is 0.360. The fourth-order valence-corrected chi connectivity index (χ4v) is 0.440. The van der Waals surface area contributed by atoms with Crippen molar-refractivity contribution in [1.29, 1.82) is 0 Å². The number of carbonyl (C=O) groups is 1. The van der Waals surface area contributed by atoms with Gasteiger partial charge in [0.15, 0.2) is 0 Å². The minimum Gasteiger partial charge on any atom is -0.550 e. The van der Waals surface area contributed by atoms with Gasteiger partial charge in [-0.1, -0.05) is 0 Å². The molecule has 0 amide bonds. The van der Waals surface area contributed by atoms with Crippen LogP contribution in [0.15, 0.2) is 0 Å². The van der Waals surface area contributed by atoms with Gasteiger partial charge in [0.05, 0.1) is 26.4 Å². The molecule has 0 aromatic heterocycles. The summed E-state index contributed by atoms with van der Waals surface area (Å²) in [5, 5.41) is 8.89. The number of hydrogen-bond donors (Lipinski definition) is 0. The van der Waals surface area contributed by atoms with Gasteiger partial charge in [0.1, 0.15) is 0 Å². The Balaban J connectivity index is 0. The Morgan fingerprint density at radius 2 is 1.36 bits per heavy atom. The van der Waals surface area contributed by atoms with E-state index in [1.165, 1.54) is 0 Å². The van der Waals surface area contributed by atoms with Gasteiger partial charge in [-0.3, -0.25) is 0 Å². The Labute approximate surface area is 109 Å². The van der Waals surface area contributed by atoms with E-state index in [0.29, 0.717) is 0 Å². The number of carboxylic acids is 1. The summed E-state index contributed by atoms with van der Waals surface area (Å²) in [5.41, 5.74) is 0. The molecule has 1 rings (SSSR count). The second-order valence-corrected chi connectivity index (χ2v) is 1.72. The molecule has 0 N–H and O–H groups in total. The van der Waals surface area contributed by atoms with Crippen LogP contribution in [0, 0.1) is 0 Å². The second-order valence-electron chi connectivity index (χ2n) is 1.72. The van der Waals surface area contributed by atoms with Crippen LogP contribution in [0.3, 0.4) is 0 Å². The minimum absolute atomic E-state index is 0. The van der Waals surface area contributed by atoms with Gasteiger partial charge in [0.2, 0.25) is 0 Å². The summed E-state index contributed by atoms with van der Waals surface area (Å²) in [5.74, 6) is -1.08. The zero-order valence-electron chi connectivity index (χ0n) is 6.96. The zero-order chi connectivity index (χ0) is 7.82. The molecule has 1 fully saturated rings. The van der Waals surface area contributed by atoms with Gasteiger partial charge in [-0.2, -0.15) is 0 Å². The van der Waals surface area contributed by atoms with Gasteiger partial charge >= 0.3 is 51.4 Å². The number of aliphatic carboxylic acids is 1. The third-order valence-corrected chi connectivity index (χ3v) is 0.744. The number of carboxylic acid groups (broad SMARTS) is 1. The van der Waals surface area contributed by atoms with Gasteiger partial charge in [-0.15, -0.1) is 0 Å². The normalized spacial score (nSPS) is 15.4. The van der Waals surface area contributed by atoms with E-state index >= 15 is 0 Å². The molecule has 0 atom stereocenters. The Kier molecular flexibility index (Phi) is 14.6. The Bertz CT molecular complexity index is 77.1. The van der Waals surface area contributed by atoms with E-state index in [4.69, 9.17) is 19.4 Å². The summed E-state index contributed by atoms with van der Waals surface area (Å²) in [6, 6.07) is 0. The summed E-state index contributed by atoms with van der Waals surface area (Å²) in [4.78, 5) is 8.89. The molecule has 0 unspecified atom stereocenters. The second kappa shape index (κ2) is 11.0. The fraction of sp³-hybridized carbons (Fsp3) is 0.833. The molecular formula is C6H11KO4. The van der Waals surface area contributed by atoms with Crippen LogP contribution in [0.25, 0.3) is 0 Å². The van der Waals surface area contributed by atoms with Crippen LogP contribution in [0.2, 0.25) is 0 Å². The average molecular weight is 186 g/mol. The standard InChI is InChI=1S/C4H8O2.C2H4O2.K/c1-2-6-4-3-5-1;1-2(3)4;/h1-4H2;1H3,(H,3,4);/q;;+1/p-1. The van der Waals surface area contributed by atoms with Crippen LogP contribution in [0.5, 0.6) is 0 Å². The molecule has 1 aliphatic rings. The van der Waals surface area contributed by atoms with E-state index in [1.807, 2.05) is 0 Å². The third kappa shape index (κ3) is 18.2. The van der Waals surface area contributed by atoms with Crippen LogP contribution in [0.4, 0.5) is 0 Å². The van der Waals surface area contributed by atoms with Gasteiger partial charge < -0.3 is 19.4 Å². The molecule has 1 aliphatic heterocycles. The predicted molar refractivity (Wildman–Crippen MR) is 32.3 cm³/mol. The molecule has 0 radical (unpaired) electrons. The Morgan fingerprint density at radius 3 is 1.45 bits per heavy atom. The SMILES string of the molecule is C1COCCO1.CC(=O)[O-].[K+]. The molecule has 0 spiro atoms. The summed E-state index contributed by atoms with van der Waals surface area (Å²) < 4.78 is 9.89. The van der Waals surface area contributed by atoms with Crippen molar-refractivity contribution >= 4 is 5.97 Å². The van der Waals surface area contributed by atoms with Crippen molar-refractivity contribution in [2.45, 2.75) is 6.92 Å². The molecule has 60 valence electrons. The van der Waals surface area contributed by atoms with E-state index in [2.05, 4.69) is 0 Å². The Hall–Kier alpha value is 1.03. The first kappa shape index (κ1) is 14.5. The first-order valence-corrected chi connectivity index (χ1v) is 3.06. The summed E-state index contributed by atoms with van der Waals surface area (Å²) in [6.07, 6.45) is 0. The first-order valence-electron chi connectivity index (χ1n) is 3.06. The van der Waals surface area contributed by atoms with E-state index < -0.39 is 5.97 Å². The number of hydrogen-bond acceptors (Lipinski definition) is 4. The van der Waals surface area contributed by atoms with Crippen LogP contribution < -0.4 is 56.5 Å². The topological polar surface area (TPSA) is 58.6 Å². The molecule has 0 bridgehead atoms. The van der Waals surface area contributed by atoms with Crippen molar-refractivity contribution in [3.63, 3.8) is 0 Å². The number of carbonyl (C=O) groups excluding carboxylic acids is 1. The Morgan fingerprint density at radius 1 is 1.18 bits per heavy atom. The van der Waals surface area contributed by atoms with Gasteiger partial charge in [0.25, 0.3) is 0 Å². The molecule has 1 saturated heterocycles. The van der Waals surface area contributed by atoms with E-state index in [1.54, 1.807) is 0 Å². The van der Waals surface area contributed by atoms with Crippen LogP contribution >= 0.6 is 0 Å². The van der Waals surface area contributed by atoms with Crippen molar-refractivity contribution in [1.82, 2.24) is 0 Å². The van der Waals surface area contributed by atoms with Crippen molar-refractivity contribution in [2.24, 2.45) is 0 Å². The van der Waals surface area contributed by atoms with Crippen molar-refractivity contribution in [3.05, 3.63) is 0 Å². The molecule has 0 saturated carbocycles. The van der Waals surface area contributed by atoms with Crippen molar-refractivity contribution < 1.29 is 70.8 Å². The van der Waals surface area contributed by atoms with Crippen molar-refractivity contribution in [3.8, 4) is 0 Å². The monoisotopic (exact) mass is 186 g/mol. The summed E-state index contributed by atoms with van der Waals surface area (Å²) >= 11 is 0. The molecule has 4 nitrogen and oxygen atoms in total. The molecule has 11 heavy (non-hydrogen) atoms. The fourth-order valence-electron chi connectivity index (χ4n) is 0.440. The summed E-state index contributed by atoms with van der Waals surface area (Å²) in [7, 11) is 0. The molecule has 0 aliphatic carbocycles. The first-order chi connectivity index (χ1) is 4.73. The maximum absolute atomic E-state index is 8.89. The molecule has 0 aromatic rings. The van der Waals surface area contributed by atoms with Crippen LogP contribution in [-0.4, -0.2) is 32.4 Å². The third-order valence-electron chi connectivity index (χ3n) is 0.744. The van der Waals surface area contributed by atoms with E-state index in [-0.39, 0.29) is 51.4 Å². The molecule has 0 aromatic carbocycles. The van der Waals surface area contributed by atoms with E-state index in [9.17, 15) is 0 Å². The maximum Gasteiger partial charge on any atom is 1.00 e. The maximum atomic E-state index is 8.89. The van der Waals surface area contributed by atoms with Crippen LogP contribution in [-0.2, 0) is 14.3 Å². The largest absolute Gasteiger partial charge is 1.00 e. The predicted octanol–water partition coefficient (Wildman–Crippen LogP) is -4.21. The summed E-state index contributed by atoms with van der Waals surface area (Å²) in [6.45, 7) is 4.08. The van der Waals surface area contributed by atoms with Crippen molar-refractivity contribution in [2.75, 3.05) is 26.4 Å². The van der Waals surface area contributed by atoms with Gasteiger partial charge in [0, 0.05) is 5.97 Å². The van der Waals surface area contributed by atoms with Crippen LogP contribution in [0.1, 0.15) is 6.92 Å².